The molecule has 1 saturated heterocycles. The molecular weight excluding hydrogens is 292 g/mol. The lowest BCUT2D eigenvalue weighted by Gasteiger charge is -2.16. The van der Waals surface area contributed by atoms with E-state index < -0.39 is 0 Å². The number of anilines is 2. The monoisotopic (exact) mass is 312 g/mol. The van der Waals surface area contributed by atoms with E-state index in [2.05, 4.69) is 10.4 Å². The van der Waals surface area contributed by atoms with E-state index in [9.17, 15) is 9.59 Å². The van der Waals surface area contributed by atoms with Crippen LogP contribution in [-0.4, -0.2) is 28.1 Å². The molecule has 2 aromatic rings. The zero-order valence-electron chi connectivity index (χ0n) is 13.2. The highest BCUT2D eigenvalue weighted by Crippen LogP contribution is 2.23. The molecule has 0 atom stereocenters. The summed E-state index contributed by atoms with van der Waals surface area (Å²) in [5.74, 6) is 0.111. The first-order chi connectivity index (χ1) is 11.1. The molecule has 1 aliphatic heterocycles. The maximum atomic E-state index is 12.0. The Morgan fingerprint density at radius 1 is 1.30 bits per heavy atom. The number of carbonyl (C=O) groups excluding carboxylic acids is 2. The smallest absolute Gasteiger partial charge is 0.227 e. The van der Waals surface area contributed by atoms with Gasteiger partial charge in [0.2, 0.25) is 11.8 Å². The van der Waals surface area contributed by atoms with Crippen LogP contribution in [0.2, 0.25) is 0 Å². The van der Waals surface area contributed by atoms with E-state index in [0.717, 1.165) is 29.9 Å². The predicted molar refractivity (Wildman–Crippen MR) is 88.2 cm³/mol. The van der Waals surface area contributed by atoms with Crippen molar-refractivity contribution in [2.45, 2.75) is 32.7 Å². The summed E-state index contributed by atoms with van der Waals surface area (Å²) < 4.78 is 1.76. The predicted octanol–water partition coefficient (Wildman–Crippen LogP) is 2.35. The van der Waals surface area contributed by atoms with Crippen molar-refractivity contribution in [1.29, 1.82) is 0 Å². The van der Waals surface area contributed by atoms with E-state index in [0.29, 0.717) is 19.4 Å². The van der Waals surface area contributed by atoms with Crippen LogP contribution in [-0.2, 0) is 16.1 Å². The van der Waals surface area contributed by atoms with E-state index in [1.807, 2.05) is 37.4 Å². The number of aryl methyl sites for hydroxylation is 2. The van der Waals surface area contributed by atoms with Crippen LogP contribution in [0, 0.1) is 6.92 Å². The first-order valence-corrected chi connectivity index (χ1v) is 7.81. The normalized spacial score (nSPS) is 14.3. The summed E-state index contributed by atoms with van der Waals surface area (Å²) in [6, 6.07) is 7.40. The van der Waals surface area contributed by atoms with Crippen LogP contribution in [0.4, 0.5) is 11.4 Å². The molecule has 1 fully saturated rings. The van der Waals surface area contributed by atoms with Gasteiger partial charge in [-0.05, 0) is 43.2 Å². The number of hydrogen-bond donors (Lipinski definition) is 1. The van der Waals surface area contributed by atoms with Crippen LogP contribution in [0.5, 0.6) is 0 Å². The minimum atomic E-state index is -0.0526. The van der Waals surface area contributed by atoms with E-state index in [1.54, 1.807) is 15.8 Å². The van der Waals surface area contributed by atoms with Crippen LogP contribution in [0.15, 0.2) is 36.7 Å². The maximum Gasteiger partial charge on any atom is 0.227 e. The van der Waals surface area contributed by atoms with Crippen LogP contribution in [0.1, 0.15) is 24.8 Å². The molecule has 120 valence electrons. The van der Waals surface area contributed by atoms with Crippen molar-refractivity contribution >= 4 is 23.2 Å². The second-order valence-corrected chi connectivity index (χ2v) is 5.77. The van der Waals surface area contributed by atoms with Gasteiger partial charge in [0.05, 0.1) is 6.20 Å². The molecule has 1 aromatic carbocycles. The summed E-state index contributed by atoms with van der Waals surface area (Å²) in [5.41, 5.74) is 2.71. The maximum absolute atomic E-state index is 12.0. The molecule has 3 rings (SSSR count). The lowest BCUT2D eigenvalue weighted by atomic mass is 10.2. The SMILES string of the molecule is Cc1cnn(CCC(=O)Nc2ccc(N3CCCC3=O)cc2)c1. The molecule has 0 bridgehead atoms. The molecule has 1 N–H and O–H groups in total. The van der Waals surface area contributed by atoms with Gasteiger partial charge in [0, 0.05) is 43.5 Å². The quantitative estimate of drug-likeness (QED) is 0.921. The number of aromatic nitrogens is 2. The third-order valence-electron chi connectivity index (χ3n) is 3.87. The van der Waals surface area contributed by atoms with Gasteiger partial charge in [-0.15, -0.1) is 0 Å². The van der Waals surface area contributed by atoms with Crippen LogP contribution in [0.25, 0.3) is 0 Å². The first-order valence-electron chi connectivity index (χ1n) is 7.81. The van der Waals surface area contributed by atoms with Gasteiger partial charge in [0.15, 0.2) is 0 Å². The number of benzene rings is 1. The molecule has 0 saturated carbocycles. The van der Waals surface area contributed by atoms with Gasteiger partial charge < -0.3 is 10.2 Å². The van der Waals surface area contributed by atoms with Gasteiger partial charge in [-0.2, -0.15) is 5.10 Å². The number of carbonyl (C=O) groups is 2. The minimum Gasteiger partial charge on any atom is -0.326 e. The zero-order valence-corrected chi connectivity index (χ0v) is 13.2. The molecule has 2 amide bonds. The summed E-state index contributed by atoms with van der Waals surface area (Å²) in [7, 11) is 0. The van der Waals surface area contributed by atoms with Crippen molar-refractivity contribution in [3.05, 3.63) is 42.2 Å². The van der Waals surface area contributed by atoms with E-state index in [4.69, 9.17) is 0 Å². The summed E-state index contributed by atoms with van der Waals surface area (Å²) in [4.78, 5) is 25.5. The van der Waals surface area contributed by atoms with Crippen LogP contribution in [0.3, 0.4) is 0 Å². The van der Waals surface area contributed by atoms with Gasteiger partial charge in [-0.3, -0.25) is 14.3 Å². The average Bonchev–Trinajstić information content (AvgIpc) is 3.14. The third-order valence-corrected chi connectivity index (χ3v) is 3.87. The molecule has 6 nitrogen and oxygen atoms in total. The van der Waals surface area contributed by atoms with Gasteiger partial charge in [0.1, 0.15) is 0 Å². The van der Waals surface area contributed by atoms with Crippen molar-refractivity contribution < 1.29 is 9.59 Å². The molecule has 1 aromatic heterocycles. The fourth-order valence-corrected chi connectivity index (χ4v) is 2.67. The first kappa shape index (κ1) is 15.3. The summed E-state index contributed by atoms with van der Waals surface area (Å²) in [6.07, 6.45) is 5.58. The Morgan fingerprint density at radius 3 is 2.70 bits per heavy atom. The third kappa shape index (κ3) is 3.77. The molecule has 1 aliphatic rings. The average molecular weight is 312 g/mol. The Morgan fingerprint density at radius 2 is 2.09 bits per heavy atom. The lowest BCUT2D eigenvalue weighted by molar-refractivity contribution is -0.117. The highest BCUT2D eigenvalue weighted by Gasteiger charge is 2.21. The Hall–Kier alpha value is -2.63. The Labute approximate surface area is 135 Å². The Kier molecular flexibility index (Phi) is 4.41. The molecule has 0 aliphatic carbocycles. The second-order valence-electron chi connectivity index (χ2n) is 5.77. The fraction of sp³-hybridized carbons (Fsp3) is 0.353. The topological polar surface area (TPSA) is 67.2 Å². The van der Waals surface area contributed by atoms with Gasteiger partial charge in [0.25, 0.3) is 0 Å². The summed E-state index contributed by atoms with van der Waals surface area (Å²) in [5, 5.41) is 7.02. The molecule has 23 heavy (non-hydrogen) atoms. The molecule has 0 spiro atoms. The second kappa shape index (κ2) is 6.64. The molecule has 0 unspecified atom stereocenters. The van der Waals surface area contributed by atoms with E-state index in [1.165, 1.54) is 0 Å². The molecule has 2 heterocycles. The summed E-state index contributed by atoms with van der Waals surface area (Å²) in [6.45, 7) is 3.30. The Bertz CT molecular complexity index is 706. The van der Waals surface area contributed by atoms with Gasteiger partial charge in [-0.25, -0.2) is 0 Å². The van der Waals surface area contributed by atoms with Crippen LogP contribution < -0.4 is 10.2 Å². The molecular formula is C17H20N4O2. The lowest BCUT2D eigenvalue weighted by Crippen LogP contribution is -2.23. The fourth-order valence-electron chi connectivity index (χ4n) is 2.67. The molecule has 0 radical (unpaired) electrons. The highest BCUT2D eigenvalue weighted by atomic mass is 16.2. The minimum absolute atomic E-state index is 0.0526. The number of nitrogens with one attached hydrogen (secondary N) is 1. The number of nitrogens with zero attached hydrogens (tertiary/aromatic N) is 3. The van der Waals surface area contributed by atoms with Crippen molar-refractivity contribution in [1.82, 2.24) is 9.78 Å². The van der Waals surface area contributed by atoms with E-state index >= 15 is 0 Å². The standard InChI is InChI=1S/C17H20N4O2/c1-13-11-18-20(12-13)10-8-16(22)19-14-4-6-15(7-5-14)21-9-2-3-17(21)23/h4-7,11-12H,2-3,8-10H2,1H3,(H,19,22). The van der Waals surface area contributed by atoms with Crippen molar-refractivity contribution in [3.8, 4) is 0 Å². The number of hydrogen-bond acceptors (Lipinski definition) is 3. The van der Waals surface area contributed by atoms with Crippen LogP contribution >= 0.6 is 0 Å². The van der Waals surface area contributed by atoms with Gasteiger partial charge >= 0.3 is 0 Å². The molecule has 6 heteroatoms. The Balaban J connectivity index is 1.53. The largest absolute Gasteiger partial charge is 0.326 e. The highest BCUT2D eigenvalue weighted by molar-refractivity contribution is 5.96. The van der Waals surface area contributed by atoms with Crippen molar-refractivity contribution in [3.63, 3.8) is 0 Å². The van der Waals surface area contributed by atoms with Gasteiger partial charge in [-0.1, -0.05) is 0 Å². The zero-order chi connectivity index (χ0) is 16.2. The number of rotatable bonds is 5. The van der Waals surface area contributed by atoms with E-state index in [-0.39, 0.29) is 11.8 Å². The number of amides is 2. The summed E-state index contributed by atoms with van der Waals surface area (Å²) >= 11 is 0. The van der Waals surface area contributed by atoms with Crippen molar-refractivity contribution in [2.24, 2.45) is 0 Å². The van der Waals surface area contributed by atoms with Crippen molar-refractivity contribution in [2.75, 3.05) is 16.8 Å².